The average molecular weight is 169 g/mol. The molecule has 5 nitrogen and oxygen atoms in total. The summed E-state index contributed by atoms with van der Waals surface area (Å²) in [6, 6.07) is 0. The van der Waals surface area contributed by atoms with E-state index in [0.29, 0.717) is 12.0 Å². The quantitative estimate of drug-likeness (QED) is 0.585. The van der Waals surface area contributed by atoms with Gasteiger partial charge in [-0.3, -0.25) is 9.78 Å². The highest BCUT2D eigenvalue weighted by atomic mass is 16.3. The molecule has 0 aliphatic rings. The summed E-state index contributed by atoms with van der Waals surface area (Å²) in [5, 5.41) is 11.9. The minimum Gasteiger partial charge on any atom is -0.493 e. The van der Waals surface area contributed by atoms with E-state index in [9.17, 15) is 9.90 Å². The zero-order valence-electron chi connectivity index (χ0n) is 7.01. The lowest BCUT2D eigenvalue weighted by Crippen LogP contribution is -2.15. The topological polar surface area (TPSA) is 78.0 Å². The minimum absolute atomic E-state index is 0.203. The van der Waals surface area contributed by atoms with Crippen molar-refractivity contribution < 1.29 is 5.11 Å². The van der Waals surface area contributed by atoms with Crippen LogP contribution < -0.4 is 10.9 Å². The van der Waals surface area contributed by atoms with Crippen LogP contribution in [0.3, 0.4) is 0 Å². The number of aromatic amines is 1. The molecule has 5 heteroatoms. The maximum absolute atomic E-state index is 11.2. The highest BCUT2D eigenvalue weighted by Gasteiger charge is 2.06. The van der Waals surface area contributed by atoms with Crippen LogP contribution in [-0.4, -0.2) is 22.1 Å². The molecule has 0 unspecified atom stereocenters. The van der Waals surface area contributed by atoms with Gasteiger partial charge in [-0.15, -0.1) is 0 Å². The lowest BCUT2D eigenvalue weighted by atomic mass is 10.2. The second-order valence-corrected chi connectivity index (χ2v) is 2.32. The fourth-order valence-electron chi connectivity index (χ4n) is 0.923. The Morgan fingerprint density at radius 1 is 1.67 bits per heavy atom. The first-order valence-electron chi connectivity index (χ1n) is 3.69. The number of hydrogen-bond donors (Lipinski definition) is 3. The van der Waals surface area contributed by atoms with Crippen molar-refractivity contribution in [2.24, 2.45) is 0 Å². The van der Waals surface area contributed by atoms with Gasteiger partial charge in [0.1, 0.15) is 0 Å². The van der Waals surface area contributed by atoms with E-state index in [-0.39, 0.29) is 17.4 Å². The molecule has 0 spiro atoms. The van der Waals surface area contributed by atoms with E-state index in [1.165, 1.54) is 0 Å². The molecule has 0 aliphatic heterocycles. The number of nitrogens with one attached hydrogen (secondary N) is 2. The van der Waals surface area contributed by atoms with Crippen molar-refractivity contribution in [1.29, 1.82) is 0 Å². The molecular weight excluding hydrogens is 158 g/mol. The number of nitrogens with zero attached hydrogens (tertiary/aromatic N) is 1. The van der Waals surface area contributed by atoms with E-state index in [1.54, 1.807) is 14.0 Å². The lowest BCUT2D eigenvalue weighted by molar-refractivity contribution is 0.444. The Morgan fingerprint density at radius 2 is 2.33 bits per heavy atom. The van der Waals surface area contributed by atoms with Crippen molar-refractivity contribution in [2.75, 3.05) is 12.4 Å². The third kappa shape index (κ3) is 1.39. The van der Waals surface area contributed by atoms with Gasteiger partial charge in [0.2, 0.25) is 11.8 Å². The van der Waals surface area contributed by atoms with Gasteiger partial charge in [0, 0.05) is 7.05 Å². The molecule has 0 bridgehead atoms. The van der Waals surface area contributed by atoms with Crippen molar-refractivity contribution in [3.63, 3.8) is 0 Å². The summed E-state index contributed by atoms with van der Waals surface area (Å²) in [5.74, 6) is 0.0697. The maximum Gasteiger partial charge on any atom is 0.259 e. The molecule has 0 saturated heterocycles. The van der Waals surface area contributed by atoms with Gasteiger partial charge in [-0.2, -0.15) is 4.98 Å². The molecule has 66 valence electrons. The van der Waals surface area contributed by atoms with Crippen LogP contribution in [0, 0.1) is 0 Å². The molecule has 0 radical (unpaired) electrons. The standard InChI is InChI=1S/C7H11N3O2/c1-3-4-5(11)9-7(8-2)10-6(4)12/h3H2,1-2H3,(H3,8,9,10,11,12). The predicted molar refractivity (Wildman–Crippen MR) is 45.4 cm³/mol. The zero-order chi connectivity index (χ0) is 9.14. The summed E-state index contributed by atoms with van der Waals surface area (Å²) in [6.45, 7) is 1.78. The summed E-state index contributed by atoms with van der Waals surface area (Å²) in [4.78, 5) is 17.3. The van der Waals surface area contributed by atoms with E-state index in [0.717, 1.165) is 0 Å². The first-order chi connectivity index (χ1) is 5.69. The SMILES string of the molecule is CCc1c(O)nc(NC)[nH]c1=O. The highest BCUT2D eigenvalue weighted by molar-refractivity contribution is 5.31. The van der Waals surface area contributed by atoms with Crippen LogP contribution in [0.1, 0.15) is 12.5 Å². The Hall–Kier alpha value is -1.52. The zero-order valence-corrected chi connectivity index (χ0v) is 7.01. The van der Waals surface area contributed by atoms with Gasteiger partial charge in [-0.05, 0) is 6.42 Å². The first-order valence-corrected chi connectivity index (χ1v) is 3.69. The molecule has 0 amide bonds. The van der Waals surface area contributed by atoms with E-state index in [4.69, 9.17) is 0 Å². The number of rotatable bonds is 2. The third-order valence-corrected chi connectivity index (χ3v) is 1.58. The van der Waals surface area contributed by atoms with E-state index in [2.05, 4.69) is 15.3 Å². The van der Waals surface area contributed by atoms with Crippen molar-refractivity contribution in [3.8, 4) is 5.88 Å². The first kappa shape index (κ1) is 8.58. The number of H-pyrrole nitrogens is 1. The lowest BCUT2D eigenvalue weighted by Gasteiger charge is -2.02. The van der Waals surface area contributed by atoms with Crippen molar-refractivity contribution in [3.05, 3.63) is 15.9 Å². The Kier molecular flexibility index (Phi) is 2.32. The minimum atomic E-state index is -0.297. The molecule has 0 atom stereocenters. The summed E-state index contributed by atoms with van der Waals surface area (Å²) >= 11 is 0. The normalized spacial score (nSPS) is 9.83. The predicted octanol–water partition coefficient (Wildman–Crippen LogP) is 0.0796. The van der Waals surface area contributed by atoms with Crippen LogP contribution in [0.15, 0.2) is 4.79 Å². The third-order valence-electron chi connectivity index (χ3n) is 1.58. The number of anilines is 1. The van der Waals surface area contributed by atoms with Gasteiger partial charge in [0.05, 0.1) is 5.56 Å². The monoisotopic (exact) mass is 169 g/mol. The van der Waals surface area contributed by atoms with Crippen LogP contribution in [0.5, 0.6) is 5.88 Å². The molecule has 1 aromatic rings. The molecule has 1 aromatic heterocycles. The van der Waals surface area contributed by atoms with Gasteiger partial charge in [0.15, 0.2) is 0 Å². The van der Waals surface area contributed by atoms with E-state index >= 15 is 0 Å². The largest absolute Gasteiger partial charge is 0.493 e. The van der Waals surface area contributed by atoms with Gasteiger partial charge in [-0.25, -0.2) is 0 Å². The smallest absolute Gasteiger partial charge is 0.259 e. The highest BCUT2D eigenvalue weighted by Crippen LogP contribution is 2.09. The van der Waals surface area contributed by atoms with Crippen molar-refractivity contribution in [1.82, 2.24) is 9.97 Å². The van der Waals surface area contributed by atoms with Gasteiger partial charge in [0.25, 0.3) is 5.56 Å². The van der Waals surface area contributed by atoms with Gasteiger partial charge < -0.3 is 10.4 Å². The van der Waals surface area contributed by atoms with Gasteiger partial charge >= 0.3 is 0 Å². The second kappa shape index (κ2) is 3.25. The fourth-order valence-corrected chi connectivity index (χ4v) is 0.923. The molecular formula is C7H11N3O2. The Labute approximate surface area is 69.5 Å². The van der Waals surface area contributed by atoms with Crippen molar-refractivity contribution >= 4 is 5.95 Å². The van der Waals surface area contributed by atoms with Gasteiger partial charge in [-0.1, -0.05) is 6.92 Å². The number of aromatic nitrogens is 2. The Balaban J connectivity index is 3.28. The van der Waals surface area contributed by atoms with Crippen LogP contribution >= 0.6 is 0 Å². The molecule has 1 rings (SSSR count). The molecule has 0 fully saturated rings. The average Bonchev–Trinajstić information content (AvgIpc) is 2.03. The second-order valence-electron chi connectivity index (χ2n) is 2.32. The fraction of sp³-hybridized carbons (Fsp3) is 0.429. The van der Waals surface area contributed by atoms with E-state index in [1.807, 2.05) is 0 Å². The molecule has 12 heavy (non-hydrogen) atoms. The number of hydrogen-bond acceptors (Lipinski definition) is 4. The van der Waals surface area contributed by atoms with E-state index < -0.39 is 0 Å². The van der Waals surface area contributed by atoms with Crippen LogP contribution in [0.2, 0.25) is 0 Å². The molecule has 1 heterocycles. The maximum atomic E-state index is 11.2. The summed E-state index contributed by atoms with van der Waals surface area (Å²) < 4.78 is 0. The summed E-state index contributed by atoms with van der Waals surface area (Å²) in [6.07, 6.45) is 0.470. The molecule has 0 saturated carbocycles. The van der Waals surface area contributed by atoms with Crippen LogP contribution in [0.25, 0.3) is 0 Å². The van der Waals surface area contributed by atoms with Crippen LogP contribution in [-0.2, 0) is 6.42 Å². The summed E-state index contributed by atoms with van der Waals surface area (Å²) in [7, 11) is 1.61. The molecule has 3 N–H and O–H groups in total. The Morgan fingerprint density at radius 3 is 2.75 bits per heavy atom. The molecule has 0 aromatic carbocycles. The van der Waals surface area contributed by atoms with Crippen LogP contribution in [0.4, 0.5) is 5.95 Å². The Bertz CT molecular complexity index is 332. The van der Waals surface area contributed by atoms with Crippen molar-refractivity contribution in [2.45, 2.75) is 13.3 Å². The summed E-state index contributed by atoms with van der Waals surface area (Å²) in [5.41, 5.74) is 0.0170. The number of aromatic hydroxyl groups is 1. The molecule has 0 aliphatic carbocycles.